The summed E-state index contributed by atoms with van der Waals surface area (Å²) in [6, 6.07) is 11.8. The smallest absolute Gasteiger partial charge is 0.255 e. The summed E-state index contributed by atoms with van der Waals surface area (Å²) in [6.07, 6.45) is 3.38. The molecule has 0 aliphatic carbocycles. The summed E-state index contributed by atoms with van der Waals surface area (Å²) in [5.74, 6) is 0.428. The second-order valence-corrected chi connectivity index (χ2v) is 6.53. The molecule has 0 amide bonds. The quantitative estimate of drug-likeness (QED) is 0.713. The number of hydrogen-bond acceptors (Lipinski definition) is 5. The molecular formula is C20H20FN5O. The fourth-order valence-electron chi connectivity index (χ4n) is 3.30. The van der Waals surface area contributed by atoms with Crippen molar-refractivity contribution in [3.8, 4) is 11.3 Å². The van der Waals surface area contributed by atoms with Crippen LogP contribution in [0.15, 0.2) is 59.7 Å². The summed E-state index contributed by atoms with van der Waals surface area (Å²) in [6.45, 7) is 3.02. The molecule has 7 heteroatoms. The van der Waals surface area contributed by atoms with Gasteiger partial charge in [0.05, 0.1) is 5.69 Å². The normalized spacial score (nSPS) is 14.4. The number of piperazine rings is 1. The maximum absolute atomic E-state index is 13.1. The summed E-state index contributed by atoms with van der Waals surface area (Å²) in [7, 11) is 1.74. The van der Waals surface area contributed by atoms with E-state index in [0.717, 1.165) is 37.4 Å². The summed E-state index contributed by atoms with van der Waals surface area (Å²) >= 11 is 0. The van der Waals surface area contributed by atoms with E-state index in [9.17, 15) is 9.18 Å². The van der Waals surface area contributed by atoms with Crippen molar-refractivity contribution < 1.29 is 4.39 Å². The van der Waals surface area contributed by atoms with E-state index in [2.05, 4.69) is 14.8 Å². The Morgan fingerprint density at radius 1 is 0.926 bits per heavy atom. The predicted molar refractivity (Wildman–Crippen MR) is 104 cm³/mol. The zero-order valence-corrected chi connectivity index (χ0v) is 15.0. The third-order valence-corrected chi connectivity index (χ3v) is 4.84. The van der Waals surface area contributed by atoms with Gasteiger partial charge in [0, 0.05) is 62.9 Å². The van der Waals surface area contributed by atoms with Gasteiger partial charge in [0.15, 0.2) is 0 Å². The molecular weight excluding hydrogens is 345 g/mol. The maximum atomic E-state index is 13.1. The molecule has 0 N–H and O–H groups in total. The van der Waals surface area contributed by atoms with Gasteiger partial charge in [-0.2, -0.15) is 0 Å². The minimum Gasteiger partial charge on any atom is -0.368 e. The highest BCUT2D eigenvalue weighted by atomic mass is 19.1. The van der Waals surface area contributed by atoms with Crippen molar-refractivity contribution in [2.45, 2.75) is 0 Å². The zero-order chi connectivity index (χ0) is 18.8. The summed E-state index contributed by atoms with van der Waals surface area (Å²) in [5.41, 5.74) is 2.43. The first-order chi connectivity index (χ1) is 13.1. The highest BCUT2D eigenvalue weighted by molar-refractivity contribution is 5.59. The number of pyridine rings is 1. The van der Waals surface area contributed by atoms with Crippen molar-refractivity contribution >= 4 is 11.6 Å². The zero-order valence-electron chi connectivity index (χ0n) is 15.0. The predicted octanol–water partition coefficient (Wildman–Crippen LogP) is 2.31. The molecule has 4 rings (SSSR count). The number of benzene rings is 1. The lowest BCUT2D eigenvalue weighted by Gasteiger charge is -2.37. The van der Waals surface area contributed by atoms with Gasteiger partial charge in [0.2, 0.25) is 5.95 Å². The molecule has 0 bridgehead atoms. The van der Waals surface area contributed by atoms with Gasteiger partial charge in [0.1, 0.15) is 5.82 Å². The Hall–Kier alpha value is -3.22. The minimum absolute atomic E-state index is 0.0900. The van der Waals surface area contributed by atoms with E-state index < -0.39 is 0 Å². The third kappa shape index (κ3) is 3.53. The molecule has 1 fully saturated rings. The maximum Gasteiger partial charge on any atom is 0.255 e. The molecule has 1 aromatic carbocycles. The Balaban J connectivity index is 1.57. The SMILES string of the molecule is Cn1c(N2CCN(c3ccc(F)cc3)CC2)nc(-c2ccncc2)cc1=O. The van der Waals surface area contributed by atoms with Gasteiger partial charge in [-0.05, 0) is 36.4 Å². The van der Waals surface area contributed by atoms with Crippen LogP contribution < -0.4 is 15.4 Å². The topological polar surface area (TPSA) is 54.3 Å². The fraction of sp³-hybridized carbons (Fsp3) is 0.250. The first kappa shape index (κ1) is 17.2. The average Bonchev–Trinajstić information content (AvgIpc) is 2.71. The molecule has 6 nitrogen and oxygen atoms in total. The lowest BCUT2D eigenvalue weighted by atomic mass is 10.2. The summed E-state index contributed by atoms with van der Waals surface area (Å²) in [5, 5.41) is 0. The summed E-state index contributed by atoms with van der Waals surface area (Å²) in [4.78, 5) is 25.5. The van der Waals surface area contributed by atoms with Crippen LogP contribution in [0.2, 0.25) is 0 Å². The number of rotatable bonds is 3. The Morgan fingerprint density at radius 2 is 1.56 bits per heavy atom. The Labute approximate surface area is 156 Å². The Kier molecular flexibility index (Phi) is 4.58. The van der Waals surface area contributed by atoms with Crippen LogP contribution in [0.25, 0.3) is 11.3 Å². The largest absolute Gasteiger partial charge is 0.368 e. The number of anilines is 2. The number of aromatic nitrogens is 3. The van der Waals surface area contributed by atoms with Crippen molar-refractivity contribution in [3.63, 3.8) is 0 Å². The van der Waals surface area contributed by atoms with Gasteiger partial charge in [-0.25, -0.2) is 9.37 Å². The number of hydrogen-bond donors (Lipinski definition) is 0. The van der Waals surface area contributed by atoms with E-state index in [0.29, 0.717) is 11.6 Å². The molecule has 0 atom stereocenters. The lowest BCUT2D eigenvalue weighted by Crippen LogP contribution is -2.48. The van der Waals surface area contributed by atoms with Crippen molar-refractivity contribution in [1.29, 1.82) is 0 Å². The van der Waals surface area contributed by atoms with Crippen LogP contribution in [-0.4, -0.2) is 40.7 Å². The van der Waals surface area contributed by atoms with Gasteiger partial charge in [-0.1, -0.05) is 0 Å². The highest BCUT2D eigenvalue weighted by Crippen LogP contribution is 2.21. The van der Waals surface area contributed by atoms with Crippen LogP contribution in [0.5, 0.6) is 0 Å². The first-order valence-corrected chi connectivity index (χ1v) is 8.86. The Morgan fingerprint density at radius 3 is 2.22 bits per heavy atom. The van der Waals surface area contributed by atoms with Crippen LogP contribution in [0.3, 0.4) is 0 Å². The van der Waals surface area contributed by atoms with Gasteiger partial charge in [-0.15, -0.1) is 0 Å². The number of nitrogens with zero attached hydrogens (tertiary/aromatic N) is 5. The van der Waals surface area contributed by atoms with Gasteiger partial charge in [-0.3, -0.25) is 14.3 Å². The molecule has 0 unspecified atom stereocenters. The third-order valence-electron chi connectivity index (χ3n) is 4.84. The van der Waals surface area contributed by atoms with Gasteiger partial charge >= 0.3 is 0 Å². The van der Waals surface area contributed by atoms with Crippen LogP contribution in [0.4, 0.5) is 16.0 Å². The highest BCUT2D eigenvalue weighted by Gasteiger charge is 2.21. The van der Waals surface area contributed by atoms with E-state index in [1.807, 2.05) is 12.1 Å². The molecule has 3 aromatic rings. The van der Waals surface area contributed by atoms with Crippen LogP contribution in [0, 0.1) is 5.82 Å². The molecule has 0 spiro atoms. The van der Waals surface area contributed by atoms with Crippen LogP contribution in [0.1, 0.15) is 0 Å². The molecule has 2 aromatic heterocycles. The second-order valence-electron chi connectivity index (χ2n) is 6.53. The van der Waals surface area contributed by atoms with Crippen LogP contribution in [-0.2, 0) is 7.05 Å². The minimum atomic E-state index is -0.232. The molecule has 0 saturated carbocycles. The average molecular weight is 365 g/mol. The van der Waals surface area contributed by atoms with Crippen molar-refractivity contribution in [3.05, 3.63) is 71.0 Å². The van der Waals surface area contributed by atoms with Crippen molar-refractivity contribution in [1.82, 2.24) is 14.5 Å². The van der Waals surface area contributed by atoms with Gasteiger partial charge < -0.3 is 9.80 Å². The van der Waals surface area contributed by atoms with E-state index in [1.54, 1.807) is 42.2 Å². The van der Waals surface area contributed by atoms with Crippen LogP contribution >= 0.6 is 0 Å². The molecule has 1 aliphatic rings. The molecule has 3 heterocycles. The van der Waals surface area contributed by atoms with E-state index in [4.69, 9.17) is 4.98 Å². The Bertz CT molecular complexity index is 980. The standard InChI is InChI=1S/C20H20FN5O/c1-24-19(27)14-18(15-6-8-22-9-7-15)23-20(24)26-12-10-25(11-13-26)17-4-2-16(21)3-5-17/h2-9,14H,10-13H2,1H3. The molecule has 1 aliphatic heterocycles. The molecule has 138 valence electrons. The van der Waals surface area contributed by atoms with Crippen molar-refractivity contribution in [2.75, 3.05) is 36.0 Å². The van der Waals surface area contributed by atoms with Crippen molar-refractivity contribution in [2.24, 2.45) is 7.05 Å². The van der Waals surface area contributed by atoms with E-state index >= 15 is 0 Å². The fourth-order valence-corrected chi connectivity index (χ4v) is 3.30. The molecule has 1 saturated heterocycles. The number of halogens is 1. The molecule has 27 heavy (non-hydrogen) atoms. The monoisotopic (exact) mass is 365 g/mol. The first-order valence-electron chi connectivity index (χ1n) is 8.86. The lowest BCUT2D eigenvalue weighted by molar-refractivity contribution is 0.615. The van der Waals surface area contributed by atoms with E-state index in [1.165, 1.54) is 12.1 Å². The molecule has 0 radical (unpaired) electrons. The van der Waals surface area contributed by atoms with E-state index in [-0.39, 0.29) is 11.4 Å². The summed E-state index contributed by atoms with van der Waals surface area (Å²) < 4.78 is 14.7. The van der Waals surface area contributed by atoms with Gasteiger partial charge in [0.25, 0.3) is 5.56 Å². The second kappa shape index (κ2) is 7.19.